The summed E-state index contributed by atoms with van der Waals surface area (Å²) in [6.45, 7) is 2.58. The molecule has 0 saturated carbocycles. The van der Waals surface area contributed by atoms with Gasteiger partial charge < -0.3 is 9.84 Å². The van der Waals surface area contributed by atoms with Crippen molar-refractivity contribution in [2.24, 2.45) is 0 Å². The molecular formula is C15H18N2O3S. The highest BCUT2D eigenvalue weighted by Gasteiger charge is 2.17. The molecule has 1 atom stereocenters. The molecule has 0 amide bonds. The topological polar surface area (TPSA) is 71.5 Å². The normalized spacial score (nSPS) is 12.3. The van der Waals surface area contributed by atoms with Gasteiger partial charge in [0.2, 0.25) is 0 Å². The number of aromatic nitrogens is 1. The highest BCUT2D eigenvalue weighted by atomic mass is 32.1. The van der Waals surface area contributed by atoms with Crippen LogP contribution in [-0.4, -0.2) is 34.5 Å². The second-order valence-electron chi connectivity index (χ2n) is 4.51. The first kappa shape index (κ1) is 15.6. The zero-order chi connectivity index (χ0) is 15.2. The molecule has 1 unspecified atom stereocenters. The molecular weight excluding hydrogens is 288 g/mol. The molecule has 2 N–H and O–H groups in total. The molecule has 6 heteroatoms. The van der Waals surface area contributed by atoms with E-state index in [-0.39, 0.29) is 11.7 Å². The Balaban J connectivity index is 2.16. The zero-order valence-electron chi connectivity index (χ0n) is 11.7. The van der Waals surface area contributed by atoms with Crippen molar-refractivity contribution in [3.63, 3.8) is 0 Å². The maximum Gasteiger partial charge on any atom is 0.323 e. The number of ether oxygens (including phenoxy) is 1. The quantitative estimate of drug-likeness (QED) is 0.561. The molecule has 0 aliphatic heterocycles. The standard InChI is InChI=1S/C15H18N2O3S/c1-2-20-15(19)12(9-21)17-8-10-6-7-16-14-11(10)4-3-5-13(14)18/h3-7,12,17-18,21H,2,8-9H2,1H3. The minimum atomic E-state index is -0.464. The van der Waals surface area contributed by atoms with Crippen molar-refractivity contribution in [3.05, 3.63) is 36.0 Å². The molecule has 0 bridgehead atoms. The van der Waals surface area contributed by atoms with Crippen LogP contribution in [-0.2, 0) is 16.1 Å². The zero-order valence-corrected chi connectivity index (χ0v) is 12.6. The molecule has 0 aliphatic carbocycles. The van der Waals surface area contributed by atoms with E-state index in [0.29, 0.717) is 24.4 Å². The number of fused-ring (bicyclic) bond motifs is 1. The molecule has 1 aromatic heterocycles. The van der Waals surface area contributed by atoms with Gasteiger partial charge in [-0.2, -0.15) is 12.6 Å². The number of nitrogens with one attached hydrogen (secondary N) is 1. The van der Waals surface area contributed by atoms with Gasteiger partial charge in [0.1, 0.15) is 17.3 Å². The first-order valence-electron chi connectivity index (χ1n) is 6.73. The lowest BCUT2D eigenvalue weighted by Gasteiger charge is -2.15. The van der Waals surface area contributed by atoms with Crippen LogP contribution in [0.2, 0.25) is 0 Å². The summed E-state index contributed by atoms with van der Waals surface area (Å²) >= 11 is 4.17. The molecule has 112 valence electrons. The number of pyridine rings is 1. The van der Waals surface area contributed by atoms with Crippen LogP contribution in [0.1, 0.15) is 12.5 Å². The number of para-hydroxylation sites is 1. The largest absolute Gasteiger partial charge is 0.506 e. The lowest BCUT2D eigenvalue weighted by molar-refractivity contribution is -0.145. The van der Waals surface area contributed by atoms with Crippen molar-refractivity contribution in [1.29, 1.82) is 0 Å². The average Bonchev–Trinajstić information content (AvgIpc) is 2.49. The Morgan fingerprint density at radius 3 is 3.00 bits per heavy atom. The van der Waals surface area contributed by atoms with Crippen molar-refractivity contribution < 1.29 is 14.6 Å². The summed E-state index contributed by atoms with van der Waals surface area (Å²) in [5, 5.41) is 13.8. The Morgan fingerprint density at radius 1 is 1.48 bits per heavy atom. The van der Waals surface area contributed by atoms with Gasteiger partial charge in [-0.05, 0) is 24.6 Å². The van der Waals surface area contributed by atoms with Gasteiger partial charge in [-0.25, -0.2) is 0 Å². The summed E-state index contributed by atoms with van der Waals surface area (Å²) < 4.78 is 4.99. The Bertz CT molecular complexity index is 633. The Kier molecular flexibility index (Phi) is 5.41. The third kappa shape index (κ3) is 3.65. The third-order valence-electron chi connectivity index (χ3n) is 3.13. The molecule has 21 heavy (non-hydrogen) atoms. The summed E-state index contributed by atoms with van der Waals surface area (Å²) in [5.41, 5.74) is 1.50. The minimum Gasteiger partial charge on any atom is -0.506 e. The molecule has 0 saturated heterocycles. The number of esters is 1. The third-order valence-corrected chi connectivity index (χ3v) is 3.50. The van der Waals surface area contributed by atoms with Gasteiger partial charge in [0.15, 0.2) is 0 Å². The van der Waals surface area contributed by atoms with Crippen LogP contribution in [0.5, 0.6) is 5.75 Å². The molecule has 0 fully saturated rings. The van der Waals surface area contributed by atoms with Crippen molar-refractivity contribution in [1.82, 2.24) is 10.3 Å². The van der Waals surface area contributed by atoms with Crippen LogP contribution >= 0.6 is 12.6 Å². The van der Waals surface area contributed by atoms with Crippen molar-refractivity contribution in [2.45, 2.75) is 19.5 Å². The van der Waals surface area contributed by atoms with Gasteiger partial charge in [-0.15, -0.1) is 0 Å². The van der Waals surface area contributed by atoms with Gasteiger partial charge in [0.25, 0.3) is 0 Å². The predicted octanol–water partition coefficient (Wildman–Crippen LogP) is 1.89. The van der Waals surface area contributed by atoms with Crippen molar-refractivity contribution in [3.8, 4) is 5.75 Å². The molecule has 0 aliphatic rings. The van der Waals surface area contributed by atoms with E-state index >= 15 is 0 Å². The van der Waals surface area contributed by atoms with E-state index in [1.807, 2.05) is 12.1 Å². The number of carbonyl (C=O) groups excluding carboxylic acids is 1. The van der Waals surface area contributed by atoms with Crippen LogP contribution in [0.25, 0.3) is 10.9 Å². The molecule has 1 heterocycles. The molecule has 5 nitrogen and oxygen atoms in total. The Morgan fingerprint density at radius 2 is 2.29 bits per heavy atom. The van der Waals surface area contributed by atoms with E-state index < -0.39 is 6.04 Å². The lowest BCUT2D eigenvalue weighted by Crippen LogP contribution is -2.39. The molecule has 0 radical (unpaired) electrons. The number of carbonyl (C=O) groups is 1. The van der Waals surface area contributed by atoms with E-state index in [1.165, 1.54) is 0 Å². The van der Waals surface area contributed by atoms with E-state index in [0.717, 1.165) is 10.9 Å². The smallest absolute Gasteiger partial charge is 0.323 e. The monoisotopic (exact) mass is 306 g/mol. The first-order chi connectivity index (χ1) is 10.2. The Hall–Kier alpha value is -1.79. The molecule has 2 rings (SSSR count). The lowest BCUT2D eigenvalue weighted by atomic mass is 10.1. The first-order valence-corrected chi connectivity index (χ1v) is 7.37. The SMILES string of the molecule is CCOC(=O)C(CS)NCc1ccnc2c(O)cccc12. The summed E-state index contributed by atoms with van der Waals surface area (Å²) in [4.78, 5) is 15.9. The van der Waals surface area contributed by atoms with Crippen molar-refractivity contribution >= 4 is 29.5 Å². The van der Waals surface area contributed by atoms with Crippen molar-refractivity contribution in [2.75, 3.05) is 12.4 Å². The Labute approximate surface area is 128 Å². The highest BCUT2D eigenvalue weighted by molar-refractivity contribution is 7.80. The number of benzene rings is 1. The van der Waals surface area contributed by atoms with Crippen LogP contribution in [0.15, 0.2) is 30.5 Å². The summed E-state index contributed by atoms with van der Waals surface area (Å²) in [5.74, 6) is 0.187. The fourth-order valence-corrected chi connectivity index (χ4v) is 2.35. The number of aromatic hydroxyl groups is 1. The molecule has 0 spiro atoms. The number of hydrogen-bond acceptors (Lipinski definition) is 6. The number of phenols is 1. The van der Waals surface area contributed by atoms with E-state index in [2.05, 4.69) is 22.9 Å². The minimum absolute atomic E-state index is 0.144. The van der Waals surface area contributed by atoms with Gasteiger partial charge >= 0.3 is 5.97 Å². The maximum absolute atomic E-state index is 11.7. The maximum atomic E-state index is 11.7. The summed E-state index contributed by atoms with van der Waals surface area (Å²) in [7, 11) is 0. The number of nitrogens with zero attached hydrogens (tertiary/aromatic N) is 1. The molecule has 1 aromatic carbocycles. The van der Waals surface area contributed by atoms with Crippen LogP contribution < -0.4 is 5.32 Å². The number of hydrogen-bond donors (Lipinski definition) is 3. The van der Waals surface area contributed by atoms with E-state index in [9.17, 15) is 9.90 Å². The van der Waals surface area contributed by atoms with Gasteiger partial charge in [0.05, 0.1) is 6.61 Å². The second kappa shape index (κ2) is 7.28. The number of phenolic OH excluding ortho intramolecular Hbond substituents is 1. The van der Waals surface area contributed by atoms with Crippen LogP contribution in [0.4, 0.5) is 0 Å². The fourth-order valence-electron chi connectivity index (χ4n) is 2.07. The summed E-state index contributed by atoms with van der Waals surface area (Å²) in [6, 6.07) is 6.65. The van der Waals surface area contributed by atoms with Crippen LogP contribution in [0.3, 0.4) is 0 Å². The second-order valence-corrected chi connectivity index (χ2v) is 4.88. The highest BCUT2D eigenvalue weighted by Crippen LogP contribution is 2.24. The van der Waals surface area contributed by atoms with E-state index in [1.54, 1.807) is 25.3 Å². The van der Waals surface area contributed by atoms with E-state index in [4.69, 9.17) is 4.74 Å². The predicted molar refractivity (Wildman–Crippen MR) is 84.5 cm³/mol. The van der Waals surface area contributed by atoms with Gasteiger partial charge in [-0.1, -0.05) is 12.1 Å². The van der Waals surface area contributed by atoms with Gasteiger partial charge in [0, 0.05) is 23.9 Å². The fraction of sp³-hybridized carbons (Fsp3) is 0.333. The van der Waals surface area contributed by atoms with Gasteiger partial charge in [-0.3, -0.25) is 15.1 Å². The average molecular weight is 306 g/mol. The number of thiol groups is 1. The summed E-state index contributed by atoms with van der Waals surface area (Å²) in [6.07, 6.45) is 1.64. The molecule has 2 aromatic rings. The van der Waals surface area contributed by atoms with Crippen LogP contribution in [0, 0.1) is 0 Å². The number of rotatable bonds is 6.